The Morgan fingerprint density at radius 2 is 1.04 bits per heavy atom. The monoisotopic (exact) mass is 344 g/mol. The largest absolute Gasteiger partial charge is 1.00 e. The summed E-state index contributed by atoms with van der Waals surface area (Å²) >= 11 is 0. The molecule has 1 aromatic rings. The molecule has 0 fully saturated rings. The number of fused-ring (bicyclic) bond motifs is 1. The summed E-state index contributed by atoms with van der Waals surface area (Å²) in [5.74, 6) is -5.36. The third kappa shape index (κ3) is 2.81. The predicted octanol–water partition coefficient (Wildman–Crippen LogP) is -1.93. The number of nitriles is 4. The normalized spacial score (nSPS) is 13.0. The molecule has 0 radical (unpaired) electrons. The van der Waals surface area contributed by atoms with Gasteiger partial charge in [0.1, 0.15) is 35.0 Å². The van der Waals surface area contributed by atoms with E-state index in [4.69, 9.17) is 21.0 Å². The molecule has 1 aromatic carbocycles. The average molecular weight is 344 g/mol. The Balaban J connectivity index is 0.00000312. The van der Waals surface area contributed by atoms with Crippen molar-refractivity contribution in [3.63, 3.8) is 0 Å². The van der Waals surface area contributed by atoms with E-state index in [-0.39, 0.29) is 20.3 Å². The van der Waals surface area contributed by atoms with E-state index in [1.165, 1.54) is 24.3 Å². The Morgan fingerprint density at radius 1 is 0.720 bits per heavy atom. The fourth-order valence-corrected chi connectivity index (χ4v) is 2.00. The summed E-state index contributed by atoms with van der Waals surface area (Å²) in [6, 6.07) is 5.73. The van der Waals surface area contributed by atoms with Crippen LogP contribution in [0.2, 0.25) is 0 Å². The van der Waals surface area contributed by atoms with Crippen molar-refractivity contribution in [1.29, 1.82) is 21.0 Å². The first kappa shape index (κ1) is 20.1. The van der Waals surface area contributed by atoms with E-state index in [9.17, 15) is 22.0 Å². The number of halogens is 5. The van der Waals surface area contributed by atoms with Crippen LogP contribution in [0.1, 0.15) is 23.7 Å². The van der Waals surface area contributed by atoms with Gasteiger partial charge >= 0.3 is 31.0 Å². The fourth-order valence-electron chi connectivity index (χ4n) is 2.00. The molecule has 0 aromatic heterocycles. The van der Waals surface area contributed by atoms with Crippen LogP contribution in [0.5, 0.6) is 0 Å². The summed E-state index contributed by atoms with van der Waals surface area (Å²) in [6.45, 7) is 0. The molecule has 0 atom stereocenters. The van der Waals surface area contributed by atoms with Gasteiger partial charge in [-0.15, -0.1) is 0 Å². The predicted molar refractivity (Wildman–Crippen MR) is 63.5 cm³/mol. The van der Waals surface area contributed by atoms with Gasteiger partial charge in [-0.1, -0.05) is 0 Å². The van der Waals surface area contributed by atoms with Crippen molar-refractivity contribution in [3.8, 4) is 24.3 Å². The van der Waals surface area contributed by atoms with Crippen molar-refractivity contribution in [1.82, 2.24) is 0 Å². The molecule has 25 heavy (non-hydrogen) atoms. The summed E-state index contributed by atoms with van der Waals surface area (Å²) in [5, 5.41) is 34.6. The summed E-state index contributed by atoms with van der Waals surface area (Å²) in [6.07, 6.45) is -8.92. The average Bonchev–Trinajstić information content (AvgIpc) is 2.96. The molecule has 0 bridgehead atoms. The van der Waals surface area contributed by atoms with Gasteiger partial charge in [0.15, 0.2) is 0 Å². The minimum Gasteiger partial charge on any atom is -1.00 e. The van der Waals surface area contributed by atoms with Crippen molar-refractivity contribution in [2.45, 2.75) is 18.3 Å². The van der Waals surface area contributed by atoms with Crippen molar-refractivity contribution in [2.24, 2.45) is 9.98 Å². The third-order valence-corrected chi connectivity index (χ3v) is 3.10. The third-order valence-electron chi connectivity index (χ3n) is 3.10. The van der Waals surface area contributed by atoms with E-state index in [1.807, 2.05) is 0 Å². The molecule has 1 aliphatic rings. The van der Waals surface area contributed by atoms with E-state index in [1.54, 1.807) is 0 Å². The zero-order chi connectivity index (χ0) is 18.3. The SMILES string of the molecule is N#Cc1c(C#N)c(C#N)c2c(c1C#N)=NC(C(F)(F)C(F)(F)F)N=2.[H-].[Li+]. The van der Waals surface area contributed by atoms with E-state index in [2.05, 4.69) is 9.98 Å². The molecule has 1 heterocycles. The number of benzene rings is 1. The van der Waals surface area contributed by atoms with Crippen LogP contribution < -0.4 is 29.6 Å². The summed E-state index contributed by atoms with van der Waals surface area (Å²) in [5.41, 5.74) is -2.64. The summed E-state index contributed by atoms with van der Waals surface area (Å²) in [7, 11) is 0. The molecule has 0 N–H and O–H groups in total. The molecule has 0 unspecified atom stereocenters. The van der Waals surface area contributed by atoms with Gasteiger partial charge in [0.25, 0.3) is 0 Å². The van der Waals surface area contributed by atoms with E-state index < -0.39 is 51.2 Å². The number of nitrogens with zero attached hydrogens (tertiary/aromatic N) is 6. The second-order valence-corrected chi connectivity index (χ2v) is 4.40. The van der Waals surface area contributed by atoms with Crippen molar-refractivity contribution < 1.29 is 42.2 Å². The van der Waals surface area contributed by atoms with Crippen LogP contribution in [0.25, 0.3) is 0 Å². The molecule has 1 aliphatic heterocycles. The molecule has 0 amide bonds. The zero-order valence-electron chi connectivity index (χ0n) is 13.2. The summed E-state index contributed by atoms with van der Waals surface area (Å²) < 4.78 is 64.2. The first-order chi connectivity index (χ1) is 11.1. The van der Waals surface area contributed by atoms with Gasteiger partial charge in [-0.25, -0.2) is 9.98 Å². The van der Waals surface area contributed by atoms with Crippen LogP contribution in [0, 0.1) is 45.3 Å². The fraction of sp³-hybridized carbons (Fsp3) is 0.231. The van der Waals surface area contributed by atoms with Gasteiger partial charge in [-0.05, 0) is 0 Å². The van der Waals surface area contributed by atoms with Gasteiger partial charge in [0.2, 0.25) is 6.17 Å². The second-order valence-electron chi connectivity index (χ2n) is 4.40. The van der Waals surface area contributed by atoms with Crippen LogP contribution in [-0.2, 0) is 0 Å². The Bertz CT molecular complexity index is 967. The number of rotatable bonds is 1. The molecular formula is C13H2F5LiN6. The van der Waals surface area contributed by atoms with E-state index >= 15 is 0 Å². The maximum atomic E-state index is 13.4. The molecule has 12 heteroatoms. The number of hydrogen-bond acceptors (Lipinski definition) is 6. The van der Waals surface area contributed by atoms with Gasteiger partial charge in [-0.3, -0.25) is 0 Å². The van der Waals surface area contributed by atoms with Crippen LogP contribution in [0.3, 0.4) is 0 Å². The second kappa shape index (κ2) is 6.50. The van der Waals surface area contributed by atoms with Crippen LogP contribution in [-0.4, -0.2) is 18.3 Å². The van der Waals surface area contributed by atoms with Crippen molar-refractivity contribution in [2.75, 3.05) is 0 Å². The molecular weight excluding hydrogens is 342 g/mol. The Morgan fingerprint density at radius 3 is 1.28 bits per heavy atom. The number of alkyl halides is 5. The molecule has 0 saturated carbocycles. The van der Waals surface area contributed by atoms with E-state index in [0.717, 1.165) is 0 Å². The maximum absolute atomic E-state index is 13.4. The van der Waals surface area contributed by atoms with E-state index in [0.29, 0.717) is 0 Å². The number of hydrogen-bond donors (Lipinski definition) is 0. The minimum atomic E-state index is -5.97. The van der Waals surface area contributed by atoms with Crippen LogP contribution in [0.15, 0.2) is 9.98 Å². The maximum Gasteiger partial charge on any atom is 1.00 e. The first-order valence-electron chi connectivity index (χ1n) is 5.84. The Hall–Kier alpha value is -2.97. The van der Waals surface area contributed by atoms with Gasteiger partial charge in [0.05, 0.1) is 22.3 Å². The smallest absolute Gasteiger partial charge is 1.00 e. The molecule has 0 saturated heterocycles. The van der Waals surface area contributed by atoms with Crippen molar-refractivity contribution in [3.05, 3.63) is 33.0 Å². The Kier molecular flexibility index (Phi) is 5.22. The quantitative estimate of drug-likeness (QED) is 0.435. The van der Waals surface area contributed by atoms with Crippen LogP contribution >= 0.6 is 0 Å². The van der Waals surface area contributed by atoms with Gasteiger partial charge < -0.3 is 1.43 Å². The standard InChI is InChI=1S/C13HF5N6.Li.H/c14-12(15,13(16,17)18)11-23-9-7(3-21)5(1-19)6(2-20)8(4-22)10(9)24-11;;/h11H;;/q;+1;-1. The van der Waals surface area contributed by atoms with Crippen LogP contribution in [0.4, 0.5) is 22.0 Å². The molecule has 0 spiro atoms. The molecule has 6 nitrogen and oxygen atoms in total. The Labute approximate surface area is 149 Å². The minimum absolute atomic E-state index is 0. The molecule has 120 valence electrons. The van der Waals surface area contributed by atoms with Gasteiger partial charge in [0, 0.05) is 0 Å². The van der Waals surface area contributed by atoms with Crippen molar-refractivity contribution >= 4 is 0 Å². The summed E-state index contributed by atoms with van der Waals surface area (Å²) in [4.78, 5) is 6.16. The molecule has 0 aliphatic carbocycles. The van der Waals surface area contributed by atoms with Gasteiger partial charge in [-0.2, -0.15) is 43.0 Å². The first-order valence-corrected chi connectivity index (χ1v) is 5.84. The molecule has 2 rings (SSSR count). The zero-order valence-corrected chi connectivity index (χ0v) is 12.2. The topological polar surface area (TPSA) is 120 Å².